The zero-order valence-electron chi connectivity index (χ0n) is 18.3. The molecule has 1 aliphatic carbocycles. The Morgan fingerprint density at radius 3 is 2.67 bits per heavy atom. The lowest BCUT2D eigenvalue weighted by molar-refractivity contribution is 0.145. The van der Waals surface area contributed by atoms with Gasteiger partial charge in [-0.3, -0.25) is 4.90 Å². The maximum Gasteiger partial charge on any atom is 0.191 e. The van der Waals surface area contributed by atoms with Gasteiger partial charge in [0, 0.05) is 44.3 Å². The number of nitrogens with one attached hydrogen (secondary N) is 2. The van der Waals surface area contributed by atoms with Crippen LogP contribution in [0.25, 0.3) is 0 Å². The van der Waals surface area contributed by atoms with Gasteiger partial charge in [-0.15, -0.1) is 0 Å². The van der Waals surface area contributed by atoms with E-state index in [4.69, 9.17) is 4.99 Å². The molecule has 166 valence electrons. The van der Waals surface area contributed by atoms with Crippen LogP contribution in [0.15, 0.2) is 23.2 Å². The summed E-state index contributed by atoms with van der Waals surface area (Å²) >= 11 is 0. The number of hydrogen-bond donors (Lipinski definition) is 3. The second kappa shape index (κ2) is 9.52. The lowest BCUT2D eigenvalue weighted by atomic mass is 10.1. The summed E-state index contributed by atoms with van der Waals surface area (Å²) in [6.45, 7) is 8.09. The zero-order chi connectivity index (χ0) is 21.1. The van der Waals surface area contributed by atoms with Crippen LogP contribution in [0, 0.1) is 5.82 Å². The molecular weight excluding hydrogens is 381 g/mol. The molecule has 2 atom stereocenters. The fourth-order valence-electron chi connectivity index (χ4n) is 4.77. The molecule has 3 aliphatic rings. The number of aliphatic hydroxyl groups excluding tert-OH is 1. The Morgan fingerprint density at radius 2 is 2.00 bits per heavy atom. The van der Waals surface area contributed by atoms with Crippen LogP contribution in [0.3, 0.4) is 0 Å². The van der Waals surface area contributed by atoms with Crippen LogP contribution in [0.1, 0.15) is 51.5 Å². The van der Waals surface area contributed by atoms with Crippen molar-refractivity contribution < 1.29 is 9.50 Å². The molecule has 1 aromatic carbocycles. The molecule has 2 heterocycles. The van der Waals surface area contributed by atoms with Crippen LogP contribution in [-0.4, -0.2) is 66.4 Å². The quantitative estimate of drug-likeness (QED) is 0.490. The summed E-state index contributed by atoms with van der Waals surface area (Å²) in [5.41, 5.74) is 1.49. The summed E-state index contributed by atoms with van der Waals surface area (Å²) in [5.74, 6) is 0.601. The smallest absolute Gasteiger partial charge is 0.191 e. The molecule has 2 saturated heterocycles. The van der Waals surface area contributed by atoms with Gasteiger partial charge in [0.1, 0.15) is 5.82 Å². The predicted octanol–water partition coefficient (Wildman–Crippen LogP) is 2.47. The molecule has 0 amide bonds. The van der Waals surface area contributed by atoms with E-state index in [-0.39, 0.29) is 11.9 Å². The van der Waals surface area contributed by atoms with Gasteiger partial charge in [0.25, 0.3) is 0 Å². The third-order valence-electron chi connectivity index (χ3n) is 6.56. The topological polar surface area (TPSA) is 63.1 Å². The highest BCUT2D eigenvalue weighted by molar-refractivity contribution is 5.80. The third-order valence-corrected chi connectivity index (χ3v) is 6.56. The van der Waals surface area contributed by atoms with Crippen molar-refractivity contribution in [1.82, 2.24) is 15.5 Å². The number of hydrogen-bond acceptors (Lipinski definition) is 4. The van der Waals surface area contributed by atoms with Crippen molar-refractivity contribution in [2.24, 2.45) is 4.99 Å². The van der Waals surface area contributed by atoms with E-state index in [0.29, 0.717) is 50.2 Å². The van der Waals surface area contributed by atoms with Crippen molar-refractivity contribution in [2.45, 2.75) is 76.7 Å². The number of nitrogens with zero attached hydrogens (tertiary/aromatic N) is 3. The van der Waals surface area contributed by atoms with Crippen molar-refractivity contribution in [3.05, 3.63) is 29.6 Å². The van der Waals surface area contributed by atoms with Gasteiger partial charge in [0.2, 0.25) is 0 Å². The molecule has 2 aliphatic heterocycles. The molecule has 3 fully saturated rings. The van der Waals surface area contributed by atoms with Crippen molar-refractivity contribution in [2.75, 3.05) is 31.1 Å². The first kappa shape index (κ1) is 21.4. The summed E-state index contributed by atoms with van der Waals surface area (Å²) in [7, 11) is 0. The van der Waals surface area contributed by atoms with Crippen LogP contribution < -0.4 is 15.5 Å². The number of rotatable bonds is 6. The number of aliphatic imine (C=N–C) groups is 1. The SMILES string of the molecule is CCNC(=NCc1ccc(N2CCC(O)CC2)c(F)c1)NC1CC(C)N(C2CC2)C1. The minimum absolute atomic E-state index is 0.207. The summed E-state index contributed by atoms with van der Waals surface area (Å²) in [4.78, 5) is 9.35. The number of anilines is 1. The summed E-state index contributed by atoms with van der Waals surface area (Å²) < 4.78 is 14.7. The molecule has 3 N–H and O–H groups in total. The van der Waals surface area contributed by atoms with Crippen molar-refractivity contribution >= 4 is 11.6 Å². The molecule has 2 unspecified atom stereocenters. The predicted molar refractivity (Wildman–Crippen MR) is 119 cm³/mol. The maximum absolute atomic E-state index is 14.7. The van der Waals surface area contributed by atoms with Crippen LogP contribution >= 0.6 is 0 Å². The summed E-state index contributed by atoms with van der Waals surface area (Å²) in [5, 5.41) is 16.6. The second-order valence-corrected chi connectivity index (χ2v) is 9.05. The van der Waals surface area contributed by atoms with Crippen LogP contribution in [0.2, 0.25) is 0 Å². The van der Waals surface area contributed by atoms with Gasteiger partial charge in [-0.2, -0.15) is 0 Å². The van der Waals surface area contributed by atoms with E-state index in [1.54, 1.807) is 6.07 Å². The van der Waals surface area contributed by atoms with Gasteiger partial charge in [0.05, 0.1) is 18.3 Å². The minimum atomic E-state index is -0.255. The number of likely N-dealkylation sites (tertiary alicyclic amines) is 1. The minimum Gasteiger partial charge on any atom is -0.393 e. The van der Waals surface area contributed by atoms with E-state index in [0.717, 1.165) is 37.1 Å². The van der Waals surface area contributed by atoms with Gasteiger partial charge in [-0.1, -0.05) is 6.07 Å². The number of piperidine rings is 1. The number of aliphatic hydroxyl groups is 1. The lowest BCUT2D eigenvalue weighted by Gasteiger charge is -2.31. The fourth-order valence-corrected chi connectivity index (χ4v) is 4.77. The first-order chi connectivity index (χ1) is 14.5. The molecule has 6 nitrogen and oxygen atoms in total. The molecule has 4 rings (SSSR count). The molecule has 30 heavy (non-hydrogen) atoms. The standard InChI is InChI=1S/C23H36FN5O/c1-3-25-23(27-18-12-16(2)29(15-18)19-5-6-19)26-14-17-4-7-22(21(24)13-17)28-10-8-20(30)9-11-28/h4,7,13,16,18-20,30H,3,5-6,8-12,14-15H2,1-2H3,(H2,25,26,27). The number of guanidine groups is 1. The van der Waals surface area contributed by atoms with Crippen LogP contribution in [0.4, 0.5) is 10.1 Å². The Hall–Kier alpha value is -1.86. The third kappa shape index (κ3) is 5.24. The Bertz CT molecular complexity index is 745. The number of halogens is 1. The molecular formula is C23H36FN5O. The largest absolute Gasteiger partial charge is 0.393 e. The Labute approximate surface area is 179 Å². The first-order valence-corrected chi connectivity index (χ1v) is 11.6. The Kier molecular flexibility index (Phi) is 6.78. The average Bonchev–Trinajstić information content (AvgIpc) is 3.50. The molecule has 0 aromatic heterocycles. The van der Waals surface area contributed by atoms with Gasteiger partial charge in [-0.05, 0) is 63.6 Å². The van der Waals surface area contributed by atoms with E-state index in [1.165, 1.54) is 12.8 Å². The Balaban J connectivity index is 1.36. The van der Waals surface area contributed by atoms with E-state index >= 15 is 0 Å². The second-order valence-electron chi connectivity index (χ2n) is 9.05. The fraction of sp³-hybridized carbons (Fsp3) is 0.696. The first-order valence-electron chi connectivity index (χ1n) is 11.6. The molecule has 1 aromatic rings. The van der Waals surface area contributed by atoms with E-state index in [1.807, 2.05) is 17.0 Å². The van der Waals surface area contributed by atoms with E-state index in [2.05, 4.69) is 29.4 Å². The lowest BCUT2D eigenvalue weighted by Crippen LogP contribution is -2.44. The molecule has 0 radical (unpaired) electrons. The Morgan fingerprint density at radius 1 is 1.23 bits per heavy atom. The maximum atomic E-state index is 14.7. The monoisotopic (exact) mass is 417 g/mol. The van der Waals surface area contributed by atoms with E-state index < -0.39 is 0 Å². The zero-order valence-corrected chi connectivity index (χ0v) is 18.3. The van der Waals surface area contributed by atoms with Gasteiger partial charge >= 0.3 is 0 Å². The van der Waals surface area contributed by atoms with E-state index in [9.17, 15) is 9.50 Å². The van der Waals surface area contributed by atoms with Gasteiger partial charge in [-0.25, -0.2) is 9.38 Å². The van der Waals surface area contributed by atoms with Crippen LogP contribution in [-0.2, 0) is 6.54 Å². The highest BCUT2D eigenvalue weighted by atomic mass is 19.1. The van der Waals surface area contributed by atoms with Crippen molar-refractivity contribution in [3.8, 4) is 0 Å². The summed E-state index contributed by atoms with van der Waals surface area (Å²) in [6, 6.07) is 7.23. The molecule has 0 spiro atoms. The average molecular weight is 418 g/mol. The summed E-state index contributed by atoms with van der Waals surface area (Å²) in [6.07, 6.45) is 4.95. The van der Waals surface area contributed by atoms with Crippen molar-refractivity contribution in [1.29, 1.82) is 0 Å². The number of benzene rings is 1. The van der Waals surface area contributed by atoms with Gasteiger partial charge in [0.15, 0.2) is 5.96 Å². The molecule has 7 heteroatoms. The normalized spacial score (nSPS) is 26.3. The van der Waals surface area contributed by atoms with Crippen molar-refractivity contribution in [3.63, 3.8) is 0 Å². The highest BCUT2D eigenvalue weighted by Gasteiger charge is 2.38. The molecule has 0 bridgehead atoms. The van der Waals surface area contributed by atoms with Crippen LogP contribution in [0.5, 0.6) is 0 Å². The highest BCUT2D eigenvalue weighted by Crippen LogP contribution is 2.33. The van der Waals surface area contributed by atoms with Gasteiger partial charge < -0.3 is 20.6 Å². The molecule has 1 saturated carbocycles.